The number of rotatable bonds is 7. The smallest absolute Gasteiger partial charge is 0.193 e. The van der Waals surface area contributed by atoms with Crippen molar-refractivity contribution < 1.29 is 4.43 Å². The standard InChI is InChI=1S/C24H33Cl2NOSi/c1-7-21-16-27(21)22(17-11-13-19(25)14-12-17)23(18-9-8-10-20(26)15-18)28-29(5,6)24(2,3)4/h8-15,21-23H,7,16H2,1-6H3/t21-,22+,23+,27?/m0/s1. The monoisotopic (exact) mass is 449 g/mol. The Morgan fingerprint density at radius 2 is 1.69 bits per heavy atom. The summed E-state index contributed by atoms with van der Waals surface area (Å²) in [6.07, 6.45) is 1.07. The van der Waals surface area contributed by atoms with Crippen LogP contribution in [0.1, 0.15) is 57.4 Å². The van der Waals surface area contributed by atoms with Gasteiger partial charge in [0.15, 0.2) is 8.32 Å². The molecule has 0 aliphatic carbocycles. The van der Waals surface area contributed by atoms with Crippen LogP contribution in [0.5, 0.6) is 0 Å². The Kier molecular flexibility index (Phi) is 6.87. The van der Waals surface area contributed by atoms with Crippen LogP contribution < -0.4 is 0 Å². The first kappa shape index (κ1) is 22.8. The van der Waals surface area contributed by atoms with Gasteiger partial charge in [0.05, 0.1) is 12.1 Å². The van der Waals surface area contributed by atoms with E-state index < -0.39 is 8.32 Å². The molecular weight excluding hydrogens is 417 g/mol. The van der Waals surface area contributed by atoms with Crippen molar-refractivity contribution in [1.82, 2.24) is 4.90 Å². The van der Waals surface area contributed by atoms with Crippen molar-refractivity contribution in [2.45, 2.75) is 70.4 Å². The first-order valence-electron chi connectivity index (χ1n) is 10.5. The fourth-order valence-electron chi connectivity index (χ4n) is 3.59. The Balaban J connectivity index is 2.08. The summed E-state index contributed by atoms with van der Waals surface area (Å²) in [4.78, 5) is 2.56. The molecule has 0 spiro atoms. The molecule has 2 nitrogen and oxygen atoms in total. The highest BCUT2D eigenvalue weighted by Crippen LogP contribution is 2.48. The number of nitrogens with zero attached hydrogens (tertiary/aromatic N) is 1. The normalized spacial score (nSPS) is 21.7. The number of hydrogen-bond donors (Lipinski definition) is 0. The van der Waals surface area contributed by atoms with E-state index in [-0.39, 0.29) is 17.2 Å². The Hall–Kier alpha value is -0.843. The third kappa shape index (κ3) is 5.26. The van der Waals surface area contributed by atoms with E-state index in [1.165, 1.54) is 5.56 Å². The highest BCUT2D eigenvalue weighted by atomic mass is 35.5. The molecule has 158 valence electrons. The highest BCUT2D eigenvalue weighted by Gasteiger charge is 2.47. The molecule has 0 amide bonds. The minimum atomic E-state index is -2.02. The maximum absolute atomic E-state index is 7.09. The summed E-state index contributed by atoms with van der Waals surface area (Å²) in [7, 11) is -2.02. The molecule has 1 unspecified atom stereocenters. The Morgan fingerprint density at radius 3 is 2.21 bits per heavy atom. The van der Waals surface area contributed by atoms with E-state index in [1.807, 2.05) is 24.3 Å². The minimum Gasteiger partial charge on any atom is -0.408 e. The predicted octanol–water partition coefficient (Wildman–Crippen LogP) is 7.89. The van der Waals surface area contributed by atoms with Crippen molar-refractivity contribution in [1.29, 1.82) is 0 Å². The van der Waals surface area contributed by atoms with Gasteiger partial charge in [0.25, 0.3) is 0 Å². The van der Waals surface area contributed by atoms with Gasteiger partial charge in [-0.15, -0.1) is 0 Å². The molecule has 2 aromatic rings. The SMILES string of the molecule is CC[C@H]1CN1[C@H](c1ccc(Cl)cc1)[C@H](O[Si](C)(C)C(C)(C)C)c1cccc(Cl)c1. The molecule has 0 aromatic heterocycles. The molecule has 3 rings (SSSR count). The molecule has 1 heterocycles. The lowest BCUT2D eigenvalue weighted by atomic mass is 9.95. The van der Waals surface area contributed by atoms with E-state index in [9.17, 15) is 0 Å². The van der Waals surface area contributed by atoms with Crippen LogP contribution in [-0.4, -0.2) is 25.8 Å². The average molecular weight is 451 g/mol. The molecule has 1 aliphatic heterocycles. The molecule has 1 saturated heterocycles. The third-order valence-electron chi connectivity index (χ3n) is 6.49. The van der Waals surface area contributed by atoms with Gasteiger partial charge in [-0.25, -0.2) is 0 Å². The molecule has 0 bridgehead atoms. The largest absolute Gasteiger partial charge is 0.408 e. The van der Waals surface area contributed by atoms with Crippen LogP contribution in [0.2, 0.25) is 28.2 Å². The van der Waals surface area contributed by atoms with Crippen LogP contribution in [0.3, 0.4) is 0 Å². The van der Waals surface area contributed by atoms with Gasteiger partial charge in [0.1, 0.15) is 0 Å². The van der Waals surface area contributed by atoms with E-state index >= 15 is 0 Å². The second-order valence-corrected chi connectivity index (χ2v) is 15.2. The van der Waals surface area contributed by atoms with Crippen molar-refractivity contribution in [3.8, 4) is 0 Å². The number of benzene rings is 2. The Labute approximate surface area is 187 Å². The van der Waals surface area contributed by atoms with Crippen molar-refractivity contribution in [2.75, 3.05) is 6.54 Å². The van der Waals surface area contributed by atoms with Gasteiger partial charge >= 0.3 is 0 Å². The lowest BCUT2D eigenvalue weighted by Gasteiger charge is -2.42. The molecule has 2 aromatic carbocycles. The van der Waals surface area contributed by atoms with Gasteiger partial charge in [-0.05, 0) is 59.9 Å². The summed E-state index contributed by atoms with van der Waals surface area (Å²) < 4.78 is 7.09. The molecule has 0 radical (unpaired) electrons. The fourth-order valence-corrected chi connectivity index (χ4v) is 5.17. The van der Waals surface area contributed by atoms with Crippen molar-refractivity contribution >= 4 is 31.5 Å². The van der Waals surface area contributed by atoms with E-state index in [1.54, 1.807) is 0 Å². The van der Waals surface area contributed by atoms with Crippen LogP contribution in [-0.2, 0) is 4.43 Å². The van der Waals surface area contributed by atoms with Gasteiger partial charge in [-0.2, -0.15) is 0 Å². The molecule has 0 N–H and O–H groups in total. The van der Waals surface area contributed by atoms with Gasteiger partial charge in [0, 0.05) is 22.6 Å². The first-order valence-corrected chi connectivity index (χ1v) is 14.1. The van der Waals surface area contributed by atoms with E-state index in [4.69, 9.17) is 27.6 Å². The predicted molar refractivity (Wildman–Crippen MR) is 127 cm³/mol. The molecular formula is C24H33Cl2NOSi. The second kappa shape index (κ2) is 8.72. The van der Waals surface area contributed by atoms with Crippen molar-refractivity contribution in [3.05, 3.63) is 69.7 Å². The first-order chi connectivity index (χ1) is 13.5. The quantitative estimate of drug-likeness (QED) is 0.314. The zero-order valence-corrected chi connectivity index (χ0v) is 20.9. The van der Waals surface area contributed by atoms with Crippen LogP contribution >= 0.6 is 23.2 Å². The summed E-state index contributed by atoms with van der Waals surface area (Å²) in [6, 6.07) is 17.2. The van der Waals surface area contributed by atoms with Crippen LogP contribution in [0, 0.1) is 0 Å². The number of halogens is 2. The van der Waals surface area contributed by atoms with E-state index in [2.05, 4.69) is 70.0 Å². The van der Waals surface area contributed by atoms with Crippen molar-refractivity contribution in [2.24, 2.45) is 0 Å². The van der Waals surface area contributed by atoms with Gasteiger partial charge in [-0.3, -0.25) is 4.90 Å². The average Bonchev–Trinajstić information content (AvgIpc) is 3.41. The maximum atomic E-state index is 7.09. The zero-order chi connectivity index (χ0) is 21.4. The molecule has 5 heteroatoms. The summed E-state index contributed by atoms with van der Waals surface area (Å²) in [5.74, 6) is 0. The lowest BCUT2D eigenvalue weighted by molar-refractivity contribution is 0.104. The van der Waals surface area contributed by atoms with E-state index in [0.29, 0.717) is 6.04 Å². The summed E-state index contributed by atoms with van der Waals surface area (Å²) in [5, 5.41) is 1.63. The summed E-state index contributed by atoms with van der Waals surface area (Å²) in [5.41, 5.74) is 2.39. The third-order valence-corrected chi connectivity index (χ3v) is 11.4. The molecule has 1 aliphatic rings. The lowest BCUT2D eigenvalue weighted by Crippen LogP contribution is -2.43. The number of hydrogen-bond acceptors (Lipinski definition) is 2. The molecule has 4 atom stereocenters. The van der Waals surface area contributed by atoms with Crippen LogP contribution in [0.4, 0.5) is 0 Å². The van der Waals surface area contributed by atoms with Gasteiger partial charge in [-0.1, -0.05) is 75.2 Å². The minimum absolute atomic E-state index is 0.0766. The van der Waals surface area contributed by atoms with E-state index in [0.717, 1.165) is 28.6 Å². The fraction of sp³-hybridized carbons (Fsp3) is 0.500. The van der Waals surface area contributed by atoms with Gasteiger partial charge < -0.3 is 4.43 Å². The van der Waals surface area contributed by atoms with Gasteiger partial charge in [0.2, 0.25) is 0 Å². The second-order valence-electron chi connectivity index (χ2n) is 9.61. The van der Waals surface area contributed by atoms with Crippen LogP contribution in [0.25, 0.3) is 0 Å². The molecule has 1 fully saturated rings. The topological polar surface area (TPSA) is 12.2 Å². The van der Waals surface area contributed by atoms with Crippen LogP contribution in [0.15, 0.2) is 48.5 Å². The summed E-state index contributed by atoms with van der Waals surface area (Å²) in [6.45, 7) is 14.9. The molecule has 29 heavy (non-hydrogen) atoms. The Bertz CT molecular complexity index is 832. The maximum Gasteiger partial charge on any atom is 0.193 e. The molecule has 0 saturated carbocycles. The zero-order valence-electron chi connectivity index (χ0n) is 18.4. The Morgan fingerprint density at radius 1 is 1.03 bits per heavy atom. The summed E-state index contributed by atoms with van der Waals surface area (Å²) >= 11 is 12.6. The highest BCUT2D eigenvalue weighted by molar-refractivity contribution is 6.74. The van der Waals surface area contributed by atoms with Crippen molar-refractivity contribution in [3.63, 3.8) is 0 Å².